The minimum atomic E-state index is 0.684. The van der Waals surface area contributed by atoms with Gasteiger partial charge in [-0.3, -0.25) is 0 Å². The molecular weight excluding hydrogens is 242 g/mol. The molecule has 2 nitrogen and oxygen atoms in total. The van der Waals surface area contributed by atoms with E-state index in [0.29, 0.717) is 6.61 Å². The summed E-state index contributed by atoms with van der Waals surface area (Å²) >= 11 is 1.79. The van der Waals surface area contributed by atoms with Crippen molar-refractivity contribution in [1.82, 2.24) is 0 Å². The molecule has 0 amide bonds. The summed E-state index contributed by atoms with van der Waals surface area (Å²) in [6.07, 6.45) is 0. The number of hydrogen-bond donors (Lipinski definition) is 1. The third-order valence-corrected chi connectivity index (χ3v) is 3.66. The Kier molecular flexibility index (Phi) is 4.53. The van der Waals surface area contributed by atoms with E-state index in [1.165, 1.54) is 4.90 Å². The van der Waals surface area contributed by atoms with Gasteiger partial charge in [0.05, 0.1) is 6.61 Å². The van der Waals surface area contributed by atoms with Crippen molar-refractivity contribution in [3.8, 4) is 5.75 Å². The van der Waals surface area contributed by atoms with Crippen LogP contribution >= 0.6 is 11.8 Å². The van der Waals surface area contributed by atoms with Crippen LogP contribution in [-0.2, 0) is 0 Å². The van der Waals surface area contributed by atoms with Crippen LogP contribution in [0, 0.1) is 6.92 Å². The molecule has 94 valence electrons. The van der Waals surface area contributed by atoms with Crippen LogP contribution < -0.4 is 10.5 Å². The Bertz CT molecular complexity index is 499. The first-order chi connectivity index (χ1) is 8.77. The minimum Gasteiger partial charge on any atom is -0.492 e. The van der Waals surface area contributed by atoms with Gasteiger partial charge >= 0.3 is 0 Å². The van der Waals surface area contributed by atoms with E-state index in [0.717, 1.165) is 22.8 Å². The van der Waals surface area contributed by atoms with Crippen molar-refractivity contribution in [2.24, 2.45) is 0 Å². The lowest BCUT2D eigenvalue weighted by atomic mass is 10.2. The Morgan fingerprint density at radius 3 is 2.61 bits per heavy atom. The van der Waals surface area contributed by atoms with E-state index in [2.05, 4.69) is 12.1 Å². The molecule has 0 radical (unpaired) electrons. The summed E-state index contributed by atoms with van der Waals surface area (Å²) in [6.45, 7) is 2.67. The summed E-state index contributed by atoms with van der Waals surface area (Å²) in [4.78, 5) is 1.27. The van der Waals surface area contributed by atoms with Crippen molar-refractivity contribution in [3.05, 3.63) is 54.1 Å². The lowest BCUT2D eigenvalue weighted by Gasteiger charge is -2.10. The maximum atomic E-state index is 5.83. The molecule has 2 aromatic carbocycles. The van der Waals surface area contributed by atoms with Gasteiger partial charge in [-0.2, -0.15) is 0 Å². The van der Waals surface area contributed by atoms with E-state index in [1.807, 2.05) is 43.3 Å². The summed E-state index contributed by atoms with van der Waals surface area (Å²) in [7, 11) is 0. The molecule has 0 aromatic heterocycles. The monoisotopic (exact) mass is 259 g/mol. The molecule has 18 heavy (non-hydrogen) atoms. The molecule has 0 bridgehead atoms. The molecule has 0 spiro atoms. The van der Waals surface area contributed by atoms with Crippen LogP contribution in [0.25, 0.3) is 0 Å². The lowest BCUT2D eigenvalue weighted by Crippen LogP contribution is -2.02. The highest BCUT2D eigenvalue weighted by Crippen LogP contribution is 2.23. The first-order valence-corrected chi connectivity index (χ1v) is 6.91. The van der Waals surface area contributed by atoms with Crippen LogP contribution in [0.3, 0.4) is 0 Å². The second-order valence-corrected chi connectivity index (χ2v) is 5.15. The Labute approximate surface area is 112 Å². The molecule has 0 saturated heterocycles. The Hall–Kier alpha value is -1.61. The first-order valence-electron chi connectivity index (χ1n) is 5.93. The molecular formula is C15H17NOS. The zero-order valence-corrected chi connectivity index (χ0v) is 11.2. The van der Waals surface area contributed by atoms with Crippen molar-refractivity contribution in [2.75, 3.05) is 18.1 Å². The van der Waals surface area contributed by atoms with Crippen LogP contribution in [-0.4, -0.2) is 12.4 Å². The van der Waals surface area contributed by atoms with Crippen LogP contribution in [0.4, 0.5) is 5.69 Å². The zero-order valence-electron chi connectivity index (χ0n) is 10.4. The summed E-state index contributed by atoms with van der Waals surface area (Å²) in [5.74, 6) is 1.81. The molecule has 2 aromatic rings. The molecule has 2 N–H and O–H groups in total. The van der Waals surface area contributed by atoms with Gasteiger partial charge in [-0.1, -0.05) is 24.3 Å². The first kappa shape index (κ1) is 12.8. The van der Waals surface area contributed by atoms with Gasteiger partial charge in [0.1, 0.15) is 5.75 Å². The second kappa shape index (κ2) is 6.36. The predicted octanol–water partition coefficient (Wildman–Crippen LogP) is 3.75. The molecule has 0 unspecified atom stereocenters. The van der Waals surface area contributed by atoms with Crippen LogP contribution in [0.1, 0.15) is 5.56 Å². The second-order valence-electron chi connectivity index (χ2n) is 3.98. The average molecular weight is 259 g/mol. The maximum absolute atomic E-state index is 5.83. The van der Waals surface area contributed by atoms with Gasteiger partial charge in [0, 0.05) is 21.9 Å². The van der Waals surface area contributed by atoms with Gasteiger partial charge in [0.15, 0.2) is 0 Å². The zero-order chi connectivity index (χ0) is 12.8. The SMILES string of the molecule is Cc1c(N)cccc1OCCSc1ccccc1. The predicted molar refractivity (Wildman–Crippen MR) is 78.3 cm³/mol. The number of thioether (sulfide) groups is 1. The van der Waals surface area contributed by atoms with Crippen molar-refractivity contribution >= 4 is 17.4 Å². The topological polar surface area (TPSA) is 35.2 Å². The number of anilines is 1. The molecule has 3 heteroatoms. The molecule has 0 aliphatic rings. The summed E-state index contributed by atoms with van der Waals surface area (Å²) < 4.78 is 5.74. The van der Waals surface area contributed by atoms with Gasteiger partial charge in [0.2, 0.25) is 0 Å². The van der Waals surface area contributed by atoms with E-state index in [1.54, 1.807) is 11.8 Å². The number of ether oxygens (including phenoxy) is 1. The van der Waals surface area contributed by atoms with Crippen molar-refractivity contribution < 1.29 is 4.74 Å². The van der Waals surface area contributed by atoms with Crippen LogP contribution in [0.15, 0.2) is 53.4 Å². The quantitative estimate of drug-likeness (QED) is 0.504. The Morgan fingerprint density at radius 2 is 1.83 bits per heavy atom. The highest BCUT2D eigenvalue weighted by molar-refractivity contribution is 7.99. The molecule has 0 atom stereocenters. The van der Waals surface area contributed by atoms with Gasteiger partial charge in [-0.25, -0.2) is 0 Å². The van der Waals surface area contributed by atoms with E-state index < -0.39 is 0 Å². The summed E-state index contributed by atoms with van der Waals surface area (Å²) in [5, 5.41) is 0. The normalized spacial score (nSPS) is 10.3. The average Bonchev–Trinajstić information content (AvgIpc) is 2.40. The highest BCUT2D eigenvalue weighted by Gasteiger charge is 2.01. The summed E-state index contributed by atoms with van der Waals surface area (Å²) in [6, 6.07) is 16.1. The lowest BCUT2D eigenvalue weighted by molar-refractivity contribution is 0.342. The Balaban J connectivity index is 1.81. The van der Waals surface area contributed by atoms with Crippen molar-refractivity contribution in [1.29, 1.82) is 0 Å². The van der Waals surface area contributed by atoms with Crippen LogP contribution in [0.5, 0.6) is 5.75 Å². The number of nitrogens with two attached hydrogens (primary N) is 1. The van der Waals surface area contributed by atoms with Gasteiger partial charge < -0.3 is 10.5 Å². The number of hydrogen-bond acceptors (Lipinski definition) is 3. The number of nitrogen functional groups attached to an aromatic ring is 1. The van der Waals surface area contributed by atoms with Crippen molar-refractivity contribution in [2.45, 2.75) is 11.8 Å². The standard InChI is InChI=1S/C15H17NOS/c1-12-14(16)8-5-9-15(12)17-10-11-18-13-6-3-2-4-7-13/h2-9H,10-11,16H2,1H3. The van der Waals surface area contributed by atoms with Crippen molar-refractivity contribution in [3.63, 3.8) is 0 Å². The van der Waals surface area contributed by atoms with Gasteiger partial charge in [0.25, 0.3) is 0 Å². The van der Waals surface area contributed by atoms with Gasteiger partial charge in [-0.05, 0) is 31.2 Å². The molecule has 2 rings (SSSR count). The highest BCUT2D eigenvalue weighted by atomic mass is 32.2. The van der Waals surface area contributed by atoms with Gasteiger partial charge in [-0.15, -0.1) is 11.8 Å². The minimum absolute atomic E-state index is 0.684. The molecule has 0 aliphatic carbocycles. The molecule has 0 heterocycles. The van der Waals surface area contributed by atoms with E-state index in [4.69, 9.17) is 10.5 Å². The fraction of sp³-hybridized carbons (Fsp3) is 0.200. The van der Waals surface area contributed by atoms with E-state index in [-0.39, 0.29) is 0 Å². The third kappa shape index (κ3) is 3.44. The van der Waals surface area contributed by atoms with E-state index >= 15 is 0 Å². The summed E-state index contributed by atoms with van der Waals surface area (Å²) in [5.41, 5.74) is 7.63. The smallest absolute Gasteiger partial charge is 0.124 e. The van der Waals surface area contributed by atoms with Crippen LogP contribution in [0.2, 0.25) is 0 Å². The largest absolute Gasteiger partial charge is 0.492 e. The fourth-order valence-electron chi connectivity index (χ4n) is 1.62. The molecule has 0 aliphatic heterocycles. The number of rotatable bonds is 5. The molecule has 0 fully saturated rings. The Morgan fingerprint density at radius 1 is 1.06 bits per heavy atom. The fourth-order valence-corrected chi connectivity index (χ4v) is 2.37. The third-order valence-electron chi connectivity index (χ3n) is 2.68. The number of benzene rings is 2. The maximum Gasteiger partial charge on any atom is 0.124 e. The van der Waals surface area contributed by atoms with E-state index in [9.17, 15) is 0 Å². The molecule has 0 saturated carbocycles.